The van der Waals surface area contributed by atoms with Crippen LogP contribution in [0.2, 0.25) is 0 Å². The first-order chi connectivity index (χ1) is 64.6. The Morgan fingerprint density at radius 3 is 1.19 bits per heavy atom. The van der Waals surface area contributed by atoms with Crippen LogP contribution in [-0.4, -0.2) is 310 Å². The van der Waals surface area contributed by atoms with Gasteiger partial charge in [-0.15, -0.1) is 0 Å². The number of benzene rings is 2. The molecule has 32 N–H and O–H groups in total. The number of phenols is 2. The Morgan fingerprint density at radius 1 is 0.381 bits per heavy atom. The van der Waals surface area contributed by atoms with Crippen molar-refractivity contribution in [3.8, 4) is 11.5 Å². The van der Waals surface area contributed by atoms with Gasteiger partial charge in [0.15, 0.2) is 0 Å². The summed E-state index contributed by atoms with van der Waals surface area (Å²) in [5, 5.41) is 130. The van der Waals surface area contributed by atoms with Crippen LogP contribution in [0.3, 0.4) is 0 Å². The number of carbonyl (C=O) groups excluding carboxylic acids is 18. The van der Waals surface area contributed by atoms with Crippen LogP contribution < -0.4 is 108 Å². The number of hydrogen-bond donors (Lipinski definition) is 29. The van der Waals surface area contributed by atoms with E-state index >= 15 is 0 Å². The van der Waals surface area contributed by atoms with Crippen LogP contribution in [0.25, 0.3) is 0 Å². The number of carbonyl (C=O) groups is 22. The number of carboxylic acids is 4. The maximum atomic E-state index is 14.5. The van der Waals surface area contributed by atoms with E-state index < -0.39 is 319 Å². The summed E-state index contributed by atoms with van der Waals surface area (Å²) in [5.41, 5.74) is 14.2. The van der Waals surface area contributed by atoms with Gasteiger partial charge in [-0.2, -0.15) is 0 Å². The lowest BCUT2D eigenvalue weighted by Crippen LogP contribution is -2.64. The van der Waals surface area contributed by atoms with Crippen LogP contribution in [0.5, 0.6) is 11.5 Å². The summed E-state index contributed by atoms with van der Waals surface area (Å²) in [7, 11) is 0. The van der Waals surface area contributed by atoms with E-state index in [0.29, 0.717) is 18.4 Å². The molecule has 0 saturated carbocycles. The van der Waals surface area contributed by atoms with Crippen LogP contribution in [0, 0.1) is 23.7 Å². The molecule has 18 amide bonds. The van der Waals surface area contributed by atoms with Gasteiger partial charge < -0.3 is 154 Å². The summed E-state index contributed by atoms with van der Waals surface area (Å²) in [6.07, 6.45) is -8.47. The van der Waals surface area contributed by atoms with Gasteiger partial charge in [-0.25, -0.2) is 0 Å². The Bertz CT molecular complexity index is 4630. The Balaban J connectivity index is 2.42. The quantitative estimate of drug-likeness (QED) is 0.0274. The molecule has 0 aliphatic heterocycles. The number of nitrogens with one attached hydrogen (secondary N) is 17. The van der Waals surface area contributed by atoms with Crippen LogP contribution >= 0.6 is 0 Å². The monoisotopic (exact) mass is 1970 g/mol. The highest BCUT2D eigenvalue weighted by atomic mass is 16.4. The Labute approximate surface area is 801 Å². The molecule has 0 heterocycles. The molecule has 0 spiro atoms. The van der Waals surface area contributed by atoms with Gasteiger partial charge in [-0.3, -0.25) is 105 Å². The van der Waals surface area contributed by atoms with Crippen molar-refractivity contribution in [2.24, 2.45) is 40.9 Å². The molecule has 0 aromatic heterocycles. The third kappa shape index (κ3) is 42.4. The number of unbranched alkanes of at least 4 members (excludes halogenated alkanes) is 1. The molecule has 2 aromatic rings. The van der Waals surface area contributed by atoms with E-state index in [0.717, 1.165) is 13.8 Å². The minimum atomic E-state index is -2.24. The van der Waals surface area contributed by atoms with Gasteiger partial charge in [0, 0.05) is 12.8 Å². The topological polar surface area (TPSA) is 840 Å². The first kappa shape index (κ1) is 121. The van der Waals surface area contributed by atoms with Crippen molar-refractivity contribution >= 4 is 130 Å². The average Bonchev–Trinajstić information content (AvgIpc) is 0.838. The zero-order chi connectivity index (χ0) is 106. The van der Waals surface area contributed by atoms with E-state index in [4.69, 9.17) is 17.2 Å². The number of rotatable bonds is 62. The molecule has 0 unspecified atom stereocenters. The summed E-state index contributed by atoms with van der Waals surface area (Å²) >= 11 is 0. The molecule has 0 aliphatic carbocycles. The first-order valence-corrected chi connectivity index (χ1v) is 45.0. The van der Waals surface area contributed by atoms with E-state index in [9.17, 15) is 151 Å². The van der Waals surface area contributed by atoms with Crippen molar-refractivity contribution in [3.05, 3.63) is 59.7 Å². The fourth-order valence-electron chi connectivity index (χ4n) is 13.3. The van der Waals surface area contributed by atoms with Crippen molar-refractivity contribution in [1.82, 2.24) is 90.4 Å². The molecule has 139 heavy (non-hydrogen) atoms. The molecule has 0 radical (unpaired) electrons. The summed E-state index contributed by atoms with van der Waals surface area (Å²) < 4.78 is 0. The average molecular weight is 1970 g/mol. The zero-order valence-electron chi connectivity index (χ0n) is 80.3. The smallest absolute Gasteiger partial charge is 0.325 e. The predicted octanol–water partition coefficient (Wildman–Crippen LogP) is -7.63. The first-order valence-electron chi connectivity index (χ1n) is 45.0. The van der Waals surface area contributed by atoms with Crippen LogP contribution in [0.15, 0.2) is 48.5 Å². The van der Waals surface area contributed by atoms with Gasteiger partial charge in [0.2, 0.25) is 106 Å². The molecule has 0 bridgehead atoms. The lowest BCUT2D eigenvalue weighted by Gasteiger charge is -2.33. The fourth-order valence-corrected chi connectivity index (χ4v) is 13.3. The summed E-state index contributed by atoms with van der Waals surface area (Å²) in [6, 6.07) is -15.8. The van der Waals surface area contributed by atoms with E-state index in [2.05, 4.69) is 85.1 Å². The van der Waals surface area contributed by atoms with E-state index in [1.165, 1.54) is 104 Å². The van der Waals surface area contributed by atoms with E-state index in [-0.39, 0.29) is 55.7 Å². The largest absolute Gasteiger partial charge is 0.508 e. The van der Waals surface area contributed by atoms with Crippen molar-refractivity contribution < 1.29 is 151 Å². The fraction of sp³-hybridized carbons (Fsp3) is 0.614. The number of phenolic OH excluding ortho intramolecular Hbond substituents is 2. The minimum absolute atomic E-state index is 0.0286. The summed E-state index contributed by atoms with van der Waals surface area (Å²) in [5.74, 6) is -30.6. The summed E-state index contributed by atoms with van der Waals surface area (Å²) in [6.45, 7) is 18.4. The molecule has 0 fully saturated rings. The molecule has 19 atom stereocenters. The second-order valence-electron chi connectivity index (χ2n) is 35.7. The number of aliphatic carboxylic acids is 4. The van der Waals surface area contributed by atoms with Crippen LogP contribution in [0.4, 0.5) is 0 Å². The van der Waals surface area contributed by atoms with Gasteiger partial charge >= 0.3 is 23.9 Å². The normalized spacial score (nSPS) is 15.5. The summed E-state index contributed by atoms with van der Waals surface area (Å²) in [4.78, 5) is 298. The highest BCUT2D eigenvalue weighted by molar-refractivity contribution is 6.03. The maximum Gasteiger partial charge on any atom is 0.325 e. The van der Waals surface area contributed by atoms with Crippen molar-refractivity contribution in [2.75, 3.05) is 19.7 Å². The SMILES string of the molecule is CC[C@H](C)[C@H](NC(=O)[C@H](CCCCN)NC(=O)[C@H](CC(=O)O)NC(=O)[C@H](CC(C)C)NC(=O)C(C)(C)NC(=O)[C@@H](NC(=O)[C@H](CO)NC(=O)[C@@H](NC(=O)[C@H](CC(=O)O)NC(=O)[C@H](CC(N)=O)NC(=O)[C@@H](NC(=O)[C@H](Cc1ccc(O)cc1)NC(=O)[C@@H](NC(=O)CNC(=O)[C@H](CCC(=O)O)NC(=O)C(C)(C)NC(=O)[C@@H](N)Cc1ccc(O)cc1)[C@@H](C)O)[C@@H](C)O)C(C)C)[C@@H](C)CC)C(=O)N[C@@H](C)C(=O)O. The van der Waals surface area contributed by atoms with Crippen molar-refractivity contribution in [3.63, 3.8) is 0 Å². The van der Waals surface area contributed by atoms with Crippen molar-refractivity contribution in [1.29, 1.82) is 0 Å². The lowest BCUT2D eigenvalue weighted by molar-refractivity contribution is -0.142. The standard InChI is InChI=1S/C88H138N20O31/c1-16-42(7)66(80(132)93-44(9)84(136)137)104-72(124)52(20-18-19-31-89)94-75(127)57(36-63(118)119)95-73(125)54(32-40(3)4)101-86(139)88(14,15)108-83(135)67(43(8)17-2)105-78(130)59(39-109)99-79(131)65(41(5)6)103-77(129)58(37-64(120)121)96-74(126)56(35-60(91)114)98-82(134)69(46(11)111)106-76(128)55(34-48-23-27-50(113)28-24-48)97-81(133)68(45(10)110)102-61(115)38-92-71(123)53(29-30-62(116)117)100-85(138)87(12,13)107-70(122)51(90)33-47-21-25-49(112)26-22-47/h21-28,40-46,51-59,65-69,109-113H,16-20,29-39,89-90H2,1-15H3,(H2,91,114)(H,92,123)(H,93,132)(H,94,127)(H,95,125)(H,96,126)(H,97,133)(H,98,134)(H,99,131)(H,100,138)(H,101,139)(H,102,115)(H,103,129)(H,104,124)(H,105,130)(H,106,128)(H,107,122)(H,108,135)(H,116,117)(H,118,119)(H,120,121)(H,136,137)/t42-,43-,44-,45+,46+,51-,52-,53-,54-,55-,56-,57-,58-,59-,65-,66-,67-,68-,69-/m0/s1. The number of nitrogens with two attached hydrogens (primary N) is 3. The highest BCUT2D eigenvalue weighted by Crippen LogP contribution is 2.20. The van der Waals surface area contributed by atoms with Gasteiger partial charge in [0.25, 0.3) is 0 Å². The number of hydrogen-bond acceptors (Lipinski definition) is 29. The van der Waals surface area contributed by atoms with Gasteiger partial charge in [-0.05, 0) is 153 Å². The van der Waals surface area contributed by atoms with E-state index in [1.54, 1.807) is 34.6 Å². The number of aliphatic hydroxyl groups excluding tert-OH is 3. The number of carboxylic acid groups (broad SMARTS) is 4. The minimum Gasteiger partial charge on any atom is -0.508 e. The van der Waals surface area contributed by atoms with Gasteiger partial charge in [0.1, 0.15) is 107 Å². The Morgan fingerprint density at radius 2 is 0.748 bits per heavy atom. The van der Waals surface area contributed by atoms with Crippen LogP contribution in [0.1, 0.15) is 186 Å². The Hall–Kier alpha value is -13.8. The second kappa shape index (κ2) is 58.0. The third-order valence-electron chi connectivity index (χ3n) is 21.9. The number of aromatic hydroxyl groups is 2. The zero-order valence-corrected chi connectivity index (χ0v) is 80.3. The molecule has 776 valence electrons. The molecular formula is C88H138N20O31. The predicted molar refractivity (Wildman–Crippen MR) is 491 cm³/mol. The van der Waals surface area contributed by atoms with Crippen molar-refractivity contribution in [2.45, 2.75) is 301 Å². The van der Waals surface area contributed by atoms with Gasteiger partial charge in [0.05, 0.1) is 50.7 Å². The molecule has 51 heteroatoms. The number of aliphatic hydroxyl groups is 3. The lowest BCUT2D eigenvalue weighted by atomic mass is 9.95. The highest BCUT2D eigenvalue weighted by Gasteiger charge is 2.44. The molecule has 51 nitrogen and oxygen atoms in total. The number of amides is 18. The van der Waals surface area contributed by atoms with E-state index in [1.807, 2.05) is 5.32 Å². The Kier molecular flexibility index (Phi) is 50.6. The molecule has 2 aromatic carbocycles. The van der Waals surface area contributed by atoms with Crippen LogP contribution in [-0.2, 0) is 118 Å². The molecule has 2 rings (SSSR count). The van der Waals surface area contributed by atoms with Gasteiger partial charge in [-0.1, -0.05) is 92.5 Å². The second-order valence-corrected chi connectivity index (χ2v) is 35.7. The maximum absolute atomic E-state index is 14.5. The number of primary amides is 1. The molecular weight excluding hydrogens is 1830 g/mol. The molecule has 0 saturated heterocycles. The molecule has 0 aliphatic rings. The third-order valence-corrected chi connectivity index (χ3v) is 21.9.